The molecule has 8 aliphatic carbocycles. The van der Waals surface area contributed by atoms with Crippen molar-refractivity contribution in [2.75, 3.05) is 14.2 Å². The third-order valence-corrected chi connectivity index (χ3v) is 35.6. The number of carbonyl (C=O) groups excluding carboxylic acids is 3. The fraction of sp³-hybridized carbons (Fsp3) is 0.438. The molecule has 17 rings (SSSR count). The Morgan fingerprint density at radius 3 is 0.635 bits per heavy atom. The maximum absolute atomic E-state index is 11.8. The molecule has 9 aromatic carbocycles. The van der Waals surface area contributed by atoms with Gasteiger partial charge in [0.1, 0.15) is 0 Å². The molecule has 0 saturated heterocycles. The van der Waals surface area contributed by atoms with Crippen LogP contribution >= 0.6 is 0 Å². The first kappa shape index (κ1) is 125. The SMILES string of the molecule is C1CC2CC1C1C3CCC(C3)C21.C1CCC2CCCCC2C1.C=C(C)C(=O)OC(C)OC.C=C(C)C(=O)OC(C)OC.C=C(C)C(=O)OC(C)OC1CC2CCC1C2.CC(F)(F)C(F)(F)S(=O)(=O)[O-].CC(F)(F)C(F)(F)S(=O)(=O)[O-].CC(F)(F)C(F)(F)S(=O)(=O)[O-].c1ccc([S+](c2ccccc2)c2ccccc2)cc1.c1ccc([S+](c2ccccc2)c2ccccc2)cc1.c1ccc([S+](c2ccccc2)c2ccccc2)cc1. The van der Waals surface area contributed by atoms with Crippen LogP contribution in [0.1, 0.15) is 178 Å². The fourth-order valence-corrected chi connectivity index (χ4v) is 26.4. The highest BCUT2D eigenvalue weighted by atomic mass is 32.2. The summed E-state index contributed by atoms with van der Waals surface area (Å²) in [6, 6.07) is 96.5. The van der Waals surface area contributed by atoms with Crippen molar-refractivity contribution in [3.63, 3.8) is 0 Å². The second-order valence-electron chi connectivity index (χ2n) is 37.3. The monoisotopic (exact) mass is 2190 g/mol. The Labute approximate surface area is 872 Å². The van der Waals surface area contributed by atoms with Gasteiger partial charge < -0.3 is 42.1 Å². The predicted molar refractivity (Wildman–Crippen MR) is 548 cm³/mol. The van der Waals surface area contributed by atoms with E-state index in [0.29, 0.717) is 28.7 Å². The molecular weight excluding hydrogens is 2050 g/mol. The van der Waals surface area contributed by atoms with Crippen LogP contribution in [0, 0.1) is 59.2 Å². The summed E-state index contributed by atoms with van der Waals surface area (Å²) in [6.07, 6.45) is 26.0. The van der Waals surface area contributed by atoms with Gasteiger partial charge in [0, 0.05) is 51.7 Å². The van der Waals surface area contributed by atoms with Crippen molar-refractivity contribution in [2.45, 2.75) is 280 Å². The van der Waals surface area contributed by atoms with E-state index in [0.717, 1.165) is 24.2 Å². The van der Waals surface area contributed by atoms with Gasteiger partial charge in [-0.3, -0.25) is 0 Å². The third kappa shape index (κ3) is 37.8. The second-order valence-corrected chi connectivity index (χ2v) is 47.6. The topological polar surface area (TPSA) is 278 Å². The molecule has 0 amide bonds. The van der Waals surface area contributed by atoms with Crippen molar-refractivity contribution in [1.29, 1.82) is 0 Å². The molecule has 8 aliphatic rings. The van der Waals surface area contributed by atoms with Gasteiger partial charge >= 0.3 is 51.4 Å². The summed E-state index contributed by atoms with van der Waals surface area (Å²) in [5.41, 5.74) is 1.18. The molecule has 0 aliphatic heterocycles. The van der Waals surface area contributed by atoms with E-state index >= 15 is 0 Å². The molecule has 36 heteroatoms. The first-order valence-electron chi connectivity index (χ1n) is 48.6. The summed E-state index contributed by atoms with van der Waals surface area (Å²) in [5.74, 6) is -4.63. The van der Waals surface area contributed by atoms with E-state index < -0.39 is 94.7 Å². The minimum Gasteiger partial charge on any atom is -0.743 e. The highest BCUT2D eigenvalue weighted by Gasteiger charge is 2.62. The van der Waals surface area contributed by atoms with Gasteiger partial charge in [0.15, 0.2) is 87.0 Å². The first-order chi connectivity index (χ1) is 69.5. The summed E-state index contributed by atoms with van der Waals surface area (Å²) >= 11 is 0. The Kier molecular flexibility index (Phi) is 49.4. The normalized spacial score (nSPS) is 20.9. The highest BCUT2D eigenvalue weighted by molar-refractivity contribution is 7.97. The van der Waals surface area contributed by atoms with E-state index in [1.807, 2.05) is 0 Å². The van der Waals surface area contributed by atoms with Crippen LogP contribution in [0.15, 0.2) is 354 Å². The smallest absolute Gasteiger partial charge is 0.395 e. The summed E-state index contributed by atoms with van der Waals surface area (Å²) in [6.45, 7) is 19.2. The Morgan fingerprint density at radius 2 is 0.486 bits per heavy atom. The molecule has 6 bridgehead atoms. The molecule has 0 radical (unpaired) electrons. The van der Waals surface area contributed by atoms with Crippen molar-refractivity contribution in [3.05, 3.63) is 309 Å². The average molecular weight is 2190 g/mol. The predicted octanol–water partition coefficient (Wildman–Crippen LogP) is 28.0. The standard InChI is InChI=1S/3C18H15S.C13H20O3.C12H18.C10H18.2C7H12O3.3C3H4F4O3S/c3*1-4-10-16(11-5-1)19(17-12-6-2-7-13-17)18-14-8-3-9-15-18;1-8(2)13(14)16-9(3)15-12-7-10-4-5-11(12)6-10;1-2-8-5-7(1)11-9-3-4-10(6-9)12(8)11;1-2-6-10-8-4-3-7-9(10)5-1;2*1-5(2)7(8)10-6(3)9-4;3*1-2(4,5)3(6,7)11(8,9)10/h3*1-15H;9-12H,1,4-7H2,2-3H3;7-12H,1-6H2;9-10H,1-8H2;2*6H,1H2,2-4H3;3*1H3,(H,8,9,10)/q3*+1;;;;;;;;/p-3. The van der Waals surface area contributed by atoms with Crippen molar-refractivity contribution in [1.82, 2.24) is 0 Å². The summed E-state index contributed by atoms with van der Waals surface area (Å²) < 4.78 is 256. The zero-order valence-corrected chi connectivity index (χ0v) is 89.6. The van der Waals surface area contributed by atoms with Crippen LogP contribution in [0.5, 0.6) is 0 Å². The molecule has 8 saturated carbocycles. The Hall–Kier alpha value is -9.57. The molecule has 148 heavy (non-hydrogen) atoms. The minimum absolute atomic E-state index is 0.0146. The molecule has 18 nitrogen and oxygen atoms in total. The van der Waals surface area contributed by atoms with Crippen molar-refractivity contribution in [3.8, 4) is 0 Å². The molecule has 10 atom stereocenters. The lowest BCUT2D eigenvalue weighted by Crippen LogP contribution is -2.44. The van der Waals surface area contributed by atoms with Crippen LogP contribution in [-0.2, 0) is 106 Å². The van der Waals surface area contributed by atoms with E-state index in [9.17, 15) is 106 Å². The number of hydrogen-bond acceptors (Lipinski definition) is 18. The van der Waals surface area contributed by atoms with E-state index in [2.05, 4.69) is 302 Å². The maximum atomic E-state index is 11.8. The van der Waals surface area contributed by atoms with Crippen LogP contribution in [0.2, 0.25) is 0 Å². The molecular formula is C112H134F12O18S6. The number of methoxy groups -OCH3 is 2. The quantitative estimate of drug-likeness (QED) is 0.00751. The summed E-state index contributed by atoms with van der Waals surface area (Å²) in [5, 5.41) is -16.6. The zero-order chi connectivity index (χ0) is 110. The van der Waals surface area contributed by atoms with Gasteiger partial charge in [-0.15, -0.1) is 0 Å². The molecule has 810 valence electrons. The van der Waals surface area contributed by atoms with Gasteiger partial charge in [0.25, 0.3) is 0 Å². The van der Waals surface area contributed by atoms with Gasteiger partial charge in [-0.2, -0.15) is 52.7 Å². The van der Waals surface area contributed by atoms with Crippen molar-refractivity contribution in [2.24, 2.45) is 59.2 Å². The highest BCUT2D eigenvalue weighted by Crippen LogP contribution is 2.67. The van der Waals surface area contributed by atoms with Gasteiger partial charge in [0.2, 0.25) is 6.29 Å². The number of fused-ring (bicyclic) bond motifs is 12. The zero-order valence-electron chi connectivity index (χ0n) is 84.7. The molecule has 0 N–H and O–H groups in total. The average Bonchev–Trinajstić information content (AvgIpc) is 1.56. The molecule has 9 aromatic rings. The number of ether oxygens (including phenoxy) is 6. The van der Waals surface area contributed by atoms with E-state index in [1.165, 1.54) is 139 Å². The Morgan fingerprint density at radius 1 is 0.297 bits per heavy atom. The van der Waals surface area contributed by atoms with Gasteiger partial charge in [-0.1, -0.05) is 235 Å². The number of halogens is 12. The molecule has 8 fully saturated rings. The lowest BCUT2D eigenvalue weighted by molar-refractivity contribution is -0.185. The summed E-state index contributed by atoms with van der Waals surface area (Å²) in [4.78, 5) is 45.0. The van der Waals surface area contributed by atoms with Crippen molar-refractivity contribution >= 4 is 80.9 Å². The maximum Gasteiger partial charge on any atom is 0.395 e. The lowest BCUT2D eigenvalue weighted by Gasteiger charge is -2.35. The number of rotatable bonds is 25. The summed E-state index contributed by atoms with van der Waals surface area (Å²) in [7, 11) is -16.0. The van der Waals surface area contributed by atoms with Gasteiger partial charge in [-0.25, -0.2) is 39.6 Å². The molecule has 0 aromatic heterocycles. The van der Waals surface area contributed by atoms with Gasteiger partial charge in [0.05, 0.1) is 38.8 Å². The Bertz CT molecular complexity index is 5100. The first-order valence-corrected chi connectivity index (χ1v) is 56.5. The van der Waals surface area contributed by atoms with Crippen LogP contribution in [0.4, 0.5) is 52.7 Å². The van der Waals surface area contributed by atoms with E-state index in [-0.39, 0.29) is 59.4 Å². The van der Waals surface area contributed by atoms with Crippen LogP contribution in [0.25, 0.3) is 0 Å². The Balaban J connectivity index is 0.000000223. The van der Waals surface area contributed by atoms with Gasteiger partial charge in [-0.05, 0) is 274 Å². The van der Waals surface area contributed by atoms with Crippen LogP contribution in [0.3, 0.4) is 0 Å². The number of benzene rings is 9. The van der Waals surface area contributed by atoms with Crippen molar-refractivity contribution < 1.29 is 134 Å². The molecule has 0 heterocycles. The third-order valence-electron chi connectivity index (χ3n) is 26.0. The number of hydrogen-bond donors (Lipinski definition) is 0. The number of carbonyl (C=O) groups is 3. The lowest BCUT2D eigenvalue weighted by atomic mass is 9.71. The van der Waals surface area contributed by atoms with E-state index in [4.69, 9.17) is 18.9 Å². The van der Waals surface area contributed by atoms with Crippen LogP contribution in [-0.4, -0.2) is 130 Å². The largest absolute Gasteiger partial charge is 0.743 e. The number of alkyl halides is 12. The minimum atomic E-state index is -6.29. The number of esters is 3. The second kappa shape index (κ2) is 58.3. The van der Waals surface area contributed by atoms with Crippen LogP contribution < -0.4 is 0 Å². The molecule has 10 unspecified atom stereocenters. The fourth-order valence-electron chi connectivity index (χ4n) is 18.8. The molecule has 0 spiro atoms. The van der Waals surface area contributed by atoms with E-state index in [1.54, 1.807) is 106 Å².